The van der Waals surface area contributed by atoms with Crippen LogP contribution in [0.1, 0.15) is 341 Å². The molecular weight excluding hydrogens is 875 g/mol. The first-order chi connectivity index (χ1) is 35.0. The number of allylic oxidation sites excluding steroid dienone is 5. The first-order valence-electron chi connectivity index (χ1n) is 31.8. The summed E-state index contributed by atoms with van der Waals surface area (Å²) in [6.45, 7) is 4.90. The van der Waals surface area contributed by atoms with Gasteiger partial charge >= 0.3 is 5.97 Å². The Bertz CT molecular complexity index is 1150. The van der Waals surface area contributed by atoms with Crippen LogP contribution in [0.25, 0.3) is 0 Å². The normalized spacial score (nSPS) is 12.8. The van der Waals surface area contributed by atoms with Gasteiger partial charge in [-0.1, -0.05) is 281 Å². The lowest BCUT2D eigenvalue weighted by molar-refractivity contribution is -0.143. The highest BCUT2D eigenvalue weighted by atomic mass is 16.5. The first kappa shape index (κ1) is 69.1. The van der Waals surface area contributed by atoms with Crippen molar-refractivity contribution < 1.29 is 24.5 Å². The van der Waals surface area contributed by atoms with E-state index in [0.717, 1.165) is 51.4 Å². The fourth-order valence-corrected chi connectivity index (χ4v) is 9.74. The summed E-state index contributed by atoms with van der Waals surface area (Å²) in [5.41, 5.74) is 0. The van der Waals surface area contributed by atoms with E-state index < -0.39 is 12.1 Å². The van der Waals surface area contributed by atoms with E-state index >= 15 is 0 Å². The molecule has 0 aromatic carbocycles. The van der Waals surface area contributed by atoms with Crippen molar-refractivity contribution in [2.45, 2.75) is 353 Å². The van der Waals surface area contributed by atoms with Gasteiger partial charge in [0, 0.05) is 12.8 Å². The average molecular weight is 999 g/mol. The average Bonchev–Trinajstić information content (AvgIpc) is 3.37. The number of rotatable bonds is 59. The number of ether oxygens (including phenoxy) is 1. The molecule has 0 saturated heterocycles. The minimum atomic E-state index is -0.848. The van der Waals surface area contributed by atoms with Gasteiger partial charge in [0.25, 0.3) is 0 Å². The monoisotopic (exact) mass is 998 g/mol. The zero-order chi connectivity index (χ0) is 51.4. The SMILES string of the molecule is CCCCCCCC/C=C\CCCCCCCCCCCC(=O)OCCCCCCCCCCCCC/C=C\CCCCCCCCCC(=O)NC(CO)C(O)/C=C/CCCCCCCCCCCCC. The van der Waals surface area contributed by atoms with Gasteiger partial charge in [0.1, 0.15) is 0 Å². The summed E-state index contributed by atoms with van der Waals surface area (Å²) >= 11 is 0. The molecule has 2 unspecified atom stereocenters. The Labute approximate surface area is 443 Å². The van der Waals surface area contributed by atoms with Crippen molar-refractivity contribution in [1.82, 2.24) is 5.32 Å². The Balaban J connectivity index is 3.41. The van der Waals surface area contributed by atoms with Crippen molar-refractivity contribution in [3.63, 3.8) is 0 Å². The first-order valence-corrected chi connectivity index (χ1v) is 31.8. The number of unbranched alkanes of at least 4 members (excludes halogenated alkanes) is 44. The van der Waals surface area contributed by atoms with Gasteiger partial charge in [-0.3, -0.25) is 9.59 Å². The molecule has 0 fully saturated rings. The predicted octanol–water partition coefficient (Wildman–Crippen LogP) is 20.0. The van der Waals surface area contributed by atoms with Gasteiger partial charge < -0.3 is 20.3 Å². The maximum Gasteiger partial charge on any atom is 0.305 e. The van der Waals surface area contributed by atoms with Crippen LogP contribution in [0.2, 0.25) is 0 Å². The molecule has 2 atom stereocenters. The lowest BCUT2D eigenvalue weighted by Gasteiger charge is -2.20. The molecule has 6 nitrogen and oxygen atoms in total. The highest BCUT2D eigenvalue weighted by molar-refractivity contribution is 5.76. The minimum absolute atomic E-state index is 0.00900. The van der Waals surface area contributed by atoms with E-state index in [9.17, 15) is 19.8 Å². The standard InChI is InChI=1S/C65H123NO5/c1-3-5-7-9-11-13-15-17-18-19-24-28-31-35-39-43-47-51-55-59-65(70)71-60-56-52-48-44-40-36-32-29-26-23-21-20-22-25-27-30-34-38-42-46-50-54-58-64(69)66-62(61-67)63(68)57-53-49-45-41-37-33-16-14-12-10-8-6-4-2/h17-18,22,25,53,57,62-63,67-68H,3-16,19-21,23-24,26-52,54-56,58-61H2,1-2H3,(H,66,69)/b18-17-,25-22-,57-53+. The highest BCUT2D eigenvalue weighted by Gasteiger charge is 2.18. The minimum Gasteiger partial charge on any atom is -0.466 e. The zero-order valence-corrected chi connectivity index (χ0v) is 47.7. The Morgan fingerprint density at radius 1 is 0.380 bits per heavy atom. The van der Waals surface area contributed by atoms with E-state index in [1.54, 1.807) is 6.08 Å². The molecule has 0 aromatic heterocycles. The van der Waals surface area contributed by atoms with E-state index in [4.69, 9.17) is 4.74 Å². The van der Waals surface area contributed by atoms with Gasteiger partial charge in [0.15, 0.2) is 0 Å². The van der Waals surface area contributed by atoms with Crippen LogP contribution >= 0.6 is 0 Å². The molecule has 0 bridgehead atoms. The van der Waals surface area contributed by atoms with Crippen LogP contribution in [-0.4, -0.2) is 47.4 Å². The summed E-state index contributed by atoms with van der Waals surface area (Å²) in [5.74, 6) is -0.0657. The van der Waals surface area contributed by atoms with Crippen molar-refractivity contribution >= 4 is 11.9 Å². The van der Waals surface area contributed by atoms with Gasteiger partial charge in [-0.15, -0.1) is 0 Å². The van der Waals surface area contributed by atoms with Gasteiger partial charge in [-0.05, 0) is 83.5 Å². The van der Waals surface area contributed by atoms with Crippen LogP contribution in [0.4, 0.5) is 0 Å². The molecule has 0 aromatic rings. The molecule has 0 heterocycles. The highest BCUT2D eigenvalue weighted by Crippen LogP contribution is 2.17. The molecule has 0 rings (SSSR count). The number of nitrogens with one attached hydrogen (secondary N) is 1. The van der Waals surface area contributed by atoms with Crippen LogP contribution < -0.4 is 5.32 Å². The van der Waals surface area contributed by atoms with E-state index in [1.807, 2.05) is 6.08 Å². The number of amides is 1. The third kappa shape index (κ3) is 57.2. The van der Waals surface area contributed by atoms with Gasteiger partial charge in [0.05, 0.1) is 25.4 Å². The molecule has 3 N–H and O–H groups in total. The number of hydrogen-bond acceptors (Lipinski definition) is 5. The molecule has 1 amide bonds. The number of aliphatic hydroxyl groups is 2. The Hall–Kier alpha value is -1.92. The largest absolute Gasteiger partial charge is 0.466 e. The lowest BCUT2D eigenvalue weighted by Crippen LogP contribution is -2.45. The summed E-state index contributed by atoms with van der Waals surface area (Å²) in [4.78, 5) is 24.5. The van der Waals surface area contributed by atoms with E-state index in [1.165, 1.54) is 263 Å². The molecule has 0 aliphatic heterocycles. The smallest absolute Gasteiger partial charge is 0.305 e. The fraction of sp³-hybridized carbons (Fsp3) is 0.877. The van der Waals surface area contributed by atoms with Crippen molar-refractivity contribution in [1.29, 1.82) is 0 Å². The molecule has 71 heavy (non-hydrogen) atoms. The van der Waals surface area contributed by atoms with E-state index in [0.29, 0.717) is 19.4 Å². The van der Waals surface area contributed by atoms with Gasteiger partial charge in [0.2, 0.25) is 5.91 Å². The Morgan fingerprint density at radius 3 is 1.00 bits per heavy atom. The molecular formula is C65H123NO5. The summed E-state index contributed by atoms with van der Waals surface area (Å²) in [7, 11) is 0. The van der Waals surface area contributed by atoms with Crippen molar-refractivity contribution in [3.8, 4) is 0 Å². The van der Waals surface area contributed by atoms with Gasteiger partial charge in [-0.2, -0.15) is 0 Å². The number of esters is 1. The second-order valence-corrected chi connectivity index (χ2v) is 21.7. The molecule has 418 valence electrons. The summed E-state index contributed by atoms with van der Waals surface area (Å²) in [5, 5.41) is 23.1. The second kappa shape index (κ2) is 60.6. The van der Waals surface area contributed by atoms with Crippen LogP contribution in [0.3, 0.4) is 0 Å². The van der Waals surface area contributed by atoms with Gasteiger partial charge in [-0.25, -0.2) is 0 Å². The summed E-state index contributed by atoms with van der Waals surface area (Å²) in [6, 6.07) is -0.632. The quantitative estimate of drug-likeness (QED) is 0.0321. The Kier molecular flexibility index (Phi) is 59.0. The number of carbonyl (C=O) groups is 2. The Morgan fingerprint density at radius 2 is 0.662 bits per heavy atom. The lowest BCUT2D eigenvalue weighted by atomic mass is 10.0. The molecule has 0 saturated carbocycles. The van der Waals surface area contributed by atoms with Crippen molar-refractivity contribution in [2.24, 2.45) is 0 Å². The van der Waals surface area contributed by atoms with Crippen LogP contribution in [-0.2, 0) is 14.3 Å². The number of carbonyl (C=O) groups excluding carboxylic acids is 2. The van der Waals surface area contributed by atoms with E-state index in [2.05, 4.69) is 43.5 Å². The third-order valence-corrected chi connectivity index (χ3v) is 14.6. The van der Waals surface area contributed by atoms with Crippen molar-refractivity contribution in [3.05, 3.63) is 36.5 Å². The maximum atomic E-state index is 12.4. The molecule has 6 heteroatoms. The molecule has 0 spiro atoms. The van der Waals surface area contributed by atoms with Crippen LogP contribution in [0.5, 0.6) is 0 Å². The van der Waals surface area contributed by atoms with Crippen LogP contribution in [0, 0.1) is 0 Å². The predicted molar refractivity (Wildman–Crippen MR) is 310 cm³/mol. The number of hydrogen-bond donors (Lipinski definition) is 3. The summed E-state index contributed by atoms with van der Waals surface area (Å²) < 4.78 is 5.50. The molecule has 0 aliphatic rings. The van der Waals surface area contributed by atoms with Crippen molar-refractivity contribution in [2.75, 3.05) is 13.2 Å². The summed E-state index contributed by atoms with van der Waals surface area (Å²) in [6.07, 6.45) is 76.2. The maximum absolute atomic E-state index is 12.4. The zero-order valence-electron chi connectivity index (χ0n) is 47.7. The second-order valence-electron chi connectivity index (χ2n) is 21.7. The third-order valence-electron chi connectivity index (χ3n) is 14.6. The topological polar surface area (TPSA) is 95.9 Å². The molecule has 0 aliphatic carbocycles. The van der Waals surface area contributed by atoms with E-state index in [-0.39, 0.29) is 18.5 Å². The molecule has 0 radical (unpaired) electrons. The fourth-order valence-electron chi connectivity index (χ4n) is 9.74. The van der Waals surface area contributed by atoms with Crippen LogP contribution in [0.15, 0.2) is 36.5 Å². The number of aliphatic hydroxyl groups excluding tert-OH is 2.